The Balaban J connectivity index is 2.01. The minimum Gasteiger partial charge on any atom is -0.371 e. The Hall–Kier alpha value is -2.47. The number of benzene rings is 1. The minimum absolute atomic E-state index is 0.0322. The molecule has 184 valence electrons. The Morgan fingerprint density at radius 2 is 1.85 bits per heavy atom. The number of hydrogen-bond donors (Lipinski definition) is 6. The Kier molecular flexibility index (Phi) is 9.84. The normalized spacial score (nSPS) is 18.4. The Labute approximate surface area is 196 Å². The first-order valence-corrected chi connectivity index (χ1v) is 11.2. The van der Waals surface area contributed by atoms with Crippen LogP contribution in [0.3, 0.4) is 0 Å². The van der Waals surface area contributed by atoms with Crippen LogP contribution >= 0.6 is 12.6 Å². The molecule has 6 N–H and O–H groups in total. The predicted molar refractivity (Wildman–Crippen MR) is 121 cm³/mol. The molecule has 0 aromatic heterocycles. The molecule has 1 aliphatic rings. The van der Waals surface area contributed by atoms with Gasteiger partial charge in [-0.25, -0.2) is 13.2 Å². The highest BCUT2D eigenvalue weighted by Crippen LogP contribution is 2.20. The van der Waals surface area contributed by atoms with Crippen LogP contribution in [-0.2, 0) is 14.4 Å². The molecule has 12 heteroatoms. The molecule has 0 bridgehead atoms. The average molecular weight is 490 g/mol. The number of thiol groups is 1. The smallest absolute Gasteiger partial charge is 0.242 e. The van der Waals surface area contributed by atoms with Crippen molar-refractivity contribution < 1.29 is 27.6 Å². The molecule has 2 rings (SSSR count). The van der Waals surface area contributed by atoms with E-state index in [0.717, 1.165) is 0 Å². The van der Waals surface area contributed by atoms with Gasteiger partial charge in [0.2, 0.25) is 17.7 Å². The number of hydrogen-bond acceptors (Lipinski definition) is 6. The van der Waals surface area contributed by atoms with Crippen LogP contribution in [0.4, 0.5) is 18.9 Å². The molecule has 0 saturated carbocycles. The Bertz CT molecular complexity index is 849. The minimum atomic E-state index is -1.18. The van der Waals surface area contributed by atoms with Crippen molar-refractivity contribution in [3.8, 4) is 0 Å². The summed E-state index contributed by atoms with van der Waals surface area (Å²) in [4.78, 5) is 37.2. The summed E-state index contributed by atoms with van der Waals surface area (Å²) in [6.07, 6.45) is 1.21. The van der Waals surface area contributed by atoms with Crippen LogP contribution in [0.5, 0.6) is 0 Å². The maximum atomic E-state index is 13.8. The monoisotopic (exact) mass is 489 g/mol. The molecule has 1 fully saturated rings. The van der Waals surface area contributed by atoms with Gasteiger partial charge in [0.05, 0.1) is 18.0 Å². The summed E-state index contributed by atoms with van der Waals surface area (Å²) in [6, 6.07) is -0.580. The maximum absolute atomic E-state index is 13.8. The summed E-state index contributed by atoms with van der Waals surface area (Å²) in [5, 5.41) is 9.57. The maximum Gasteiger partial charge on any atom is 0.242 e. The number of amides is 3. The van der Waals surface area contributed by atoms with Crippen molar-refractivity contribution in [3.05, 3.63) is 29.6 Å². The molecular formula is C21H30F3N5O3S. The van der Waals surface area contributed by atoms with Gasteiger partial charge in [-0.3, -0.25) is 14.4 Å². The standard InChI is InChI=1S/C21H30F3N5O3S/c1-10(2)5-16(21(32)29-15(19(25)33)6-11-3-4-26-20(11)31)28-17(30)9-27-18-13(23)7-12(22)8-14(18)24/h7-8,10-11,15-16,19,27,33H,3-6,9,25H2,1-2H3,(H,26,31)(H,28,30)(H,29,32)/t11-,15-,16-,19-/m0/s1. The van der Waals surface area contributed by atoms with Gasteiger partial charge in [0, 0.05) is 24.6 Å². The van der Waals surface area contributed by atoms with E-state index in [0.29, 0.717) is 31.5 Å². The summed E-state index contributed by atoms with van der Waals surface area (Å²) in [5.74, 6) is -5.02. The molecule has 0 aliphatic carbocycles. The van der Waals surface area contributed by atoms with E-state index in [1.807, 2.05) is 13.8 Å². The lowest BCUT2D eigenvalue weighted by molar-refractivity contribution is -0.129. The van der Waals surface area contributed by atoms with Crippen molar-refractivity contribution in [2.24, 2.45) is 17.6 Å². The van der Waals surface area contributed by atoms with Crippen molar-refractivity contribution in [3.63, 3.8) is 0 Å². The third-order valence-corrected chi connectivity index (χ3v) is 5.59. The topological polar surface area (TPSA) is 125 Å². The van der Waals surface area contributed by atoms with Crippen molar-refractivity contribution in [1.29, 1.82) is 0 Å². The van der Waals surface area contributed by atoms with Gasteiger partial charge in [0.25, 0.3) is 0 Å². The lowest BCUT2D eigenvalue weighted by Gasteiger charge is -2.27. The number of nitrogens with one attached hydrogen (secondary N) is 4. The van der Waals surface area contributed by atoms with Gasteiger partial charge in [-0.05, 0) is 25.2 Å². The van der Waals surface area contributed by atoms with Gasteiger partial charge in [-0.15, -0.1) is 0 Å². The molecule has 1 aromatic rings. The summed E-state index contributed by atoms with van der Waals surface area (Å²) in [5.41, 5.74) is 5.24. The zero-order valence-electron chi connectivity index (χ0n) is 18.5. The van der Waals surface area contributed by atoms with Crippen LogP contribution in [0.25, 0.3) is 0 Å². The fraction of sp³-hybridized carbons (Fsp3) is 0.571. The molecule has 1 aliphatic heterocycles. The number of rotatable bonds is 11. The van der Waals surface area contributed by atoms with Crippen molar-refractivity contribution in [2.75, 3.05) is 18.4 Å². The van der Waals surface area contributed by atoms with E-state index in [-0.39, 0.29) is 24.2 Å². The fourth-order valence-corrected chi connectivity index (χ4v) is 3.77. The molecule has 1 saturated heterocycles. The van der Waals surface area contributed by atoms with Crippen LogP contribution in [0.1, 0.15) is 33.1 Å². The number of carbonyl (C=O) groups is 3. The first-order chi connectivity index (χ1) is 15.5. The number of halogens is 3. The van der Waals surface area contributed by atoms with E-state index in [2.05, 4.69) is 33.9 Å². The second kappa shape index (κ2) is 12.1. The molecule has 3 amide bonds. The molecule has 0 radical (unpaired) electrons. The molecule has 0 unspecified atom stereocenters. The molecule has 0 spiro atoms. The molecule has 1 aromatic carbocycles. The van der Waals surface area contributed by atoms with Crippen LogP contribution in [0.2, 0.25) is 0 Å². The molecule has 8 nitrogen and oxygen atoms in total. The van der Waals surface area contributed by atoms with E-state index in [4.69, 9.17) is 5.73 Å². The quantitative estimate of drug-likeness (QED) is 0.206. The third kappa shape index (κ3) is 8.11. The molecule has 1 heterocycles. The van der Waals surface area contributed by atoms with Crippen molar-refractivity contribution >= 4 is 36.0 Å². The second-order valence-corrected chi connectivity index (χ2v) is 9.06. The van der Waals surface area contributed by atoms with E-state index in [1.165, 1.54) is 0 Å². The van der Waals surface area contributed by atoms with E-state index in [1.54, 1.807) is 0 Å². The van der Waals surface area contributed by atoms with Gasteiger partial charge >= 0.3 is 0 Å². The van der Waals surface area contributed by atoms with E-state index < -0.39 is 59.0 Å². The lowest BCUT2D eigenvalue weighted by atomic mass is 9.97. The number of nitrogens with two attached hydrogens (primary N) is 1. The number of carbonyl (C=O) groups excluding carboxylic acids is 3. The van der Waals surface area contributed by atoms with Gasteiger partial charge in [-0.1, -0.05) is 13.8 Å². The van der Waals surface area contributed by atoms with Gasteiger partial charge in [-0.2, -0.15) is 12.6 Å². The Morgan fingerprint density at radius 1 is 1.21 bits per heavy atom. The lowest BCUT2D eigenvalue weighted by Crippen LogP contribution is -2.54. The SMILES string of the molecule is CC(C)C[C@H](NC(=O)CNc1c(F)cc(F)cc1F)C(=O)N[C@@H](C[C@@H]1CCNC1=O)[C@@H](N)S. The van der Waals surface area contributed by atoms with Gasteiger partial charge < -0.3 is 27.0 Å². The zero-order chi connectivity index (χ0) is 24.7. The zero-order valence-corrected chi connectivity index (χ0v) is 19.4. The fourth-order valence-electron chi connectivity index (χ4n) is 3.57. The summed E-state index contributed by atoms with van der Waals surface area (Å²) in [6.45, 7) is 3.73. The van der Waals surface area contributed by atoms with Crippen LogP contribution in [-0.4, -0.2) is 48.3 Å². The molecule has 4 atom stereocenters. The Morgan fingerprint density at radius 3 is 2.36 bits per heavy atom. The summed E-state index contributed by atoms with van der Waals surface area (Å²) >= 11 is 4.21. The van der Waals surface area contributed by atoms with Gasteiger partial charge in [0.1, 0.15) is 17.5 Å². The van der Waals surface area contributed by atoms with Gasteiger partial charge in [0.15, 0.2) is 11.6 Å². The average Bonchev–Trinajstić information content (AvgIpc) is 3.10. The predicted octanol–water partition coefficient (Wildman–Crippen LogP) is 1.27. The highest BCUT2D eigenvalue weighted by atomic mass is 32.1. The third-order valence-electron chi connectivity index (χ3n) is 5.23. The van der Waals surface area contributed by atoms with Crippen LogP contribution in [0.15, 0.2) is 12.1 Å². The summed E-state index contributed by atoms with van der Waals surface area (Å²) < 4.78 is 40.5. The highest BCUT2D eigenvalue weighted by Gasteiger charge is 2.31. The van der Waals surface area contributed by atoms with E-state index >= 15 is 0 Å². The largest absolute Gasteiger partial charge is 0.371 e. The van der Waals surface area contributed by atoms with Crippen LogP contribution < -0.4 is 27.0 Å². The first-order valence-electron chi connectivity index (χ1n) is 10.7. The van der Waals surface area contributed by atoms with Crippen molar-refractivity contribution in [2.45, 2.75) is 50.6 Å². The van der Waals surface area contributed by atoms with Crippen LogP contribution in [0, 0.1) is 29.3 Å². The number of anilines is 1. The van der Waals surface area contributed by atoms with Crippen molar-refractivity contribution in [1.82, 2.24) is 16.0 Å². The highest BCUT2D eigenvalue weighted by molar-refractivity contribution is 7.80. The molecular weight excluding hydrogens is 459 g/mol. The second-order valence-electron chi connectivity index (χ2n) is 8.47. The summed E-state index contributed by atoms with van der Waals surface area (Å²) in [7, 11) is 0. The van der Waals surface area contributed by atoms with E-state index in [9.17, 15) is 27.6 Å². The molecule has 33 heavy (non-hydrogen) atoms. The first kappa shape index (κ1) is 26.8.